The van der Waals surface area contributed by atoms with E-state index in [1.54, 1.807) is 0 Å². The van der Waals surface area contributed by atoms with E-state index in [1.807, 2.05) is 0 Å². The monoisotopic (exact) mass is 131 g/mol. The van der Waals surface area contributed by atoms with Crippen LogP contribution < -0.4 is 0 Å². The second-order valence-corrected chi connectivity index (χ2v) is 2.14. The quantitative estimate of drug-likeness (QED) is 0.267. The van der Waals surface area contributed by atoms with Crippen molar-refractivity contribution in [2.24, 2.45) is 4.40 Å². The van der Waals surface area contributed by atoms with Crippen LogP contribution in [0.4, 0.5) is 0 Å². The van der Waals surface area contributed by atoms with Crippen LogP contribution >= 0.6 is 0 Å². The molecule has 0 radical (unpaired) electrons. The Balaban J connectivity index is 4.77. The molecule has 0 spiro atoms. The van der Waals surface area contributed by atoms with Crippen LogP contribution in [-0.2, 0) is 14.8 Å². The topological polar surface area (TPSA) is 63.6 Å². The Morgan fingerprint density at radius 1 is 1.50 bits per heavy atom. The van der Waals surface area contributed by atoms with Gasteiger partial charge in [-0.15, -0.1) is 6.42 Å². The van der Waals surface area contributed by atoms with Crippen LogP contribution in [0.5, 0.6) is 0 Å². The molecule has 0 rings (SSSR count). The van der Waals surface area contributed by atoms with Crippen LogP contribution in [0.2, 0.25) is 0 Å². The molecule has 0 aromatic heterocycles. The minimum atomic E-state index is -3.94. The first-order valence-corrected chi connectivity index (χ1v) is 2.88. The van der Waals surface area contributed by atoms with E-state index in [0.717, 1.165) is 6.08 Å². The average Bonchev–Trinajstić information content (AvgIpc) is 1.67. The summed E-state index contributed by atoms with van der Waals surface area (Å²) in [5.41, 5.74) is 0. The van der Waals surface area contributed by atoms with Gasteiger partial charge in [-0.25, -0.2) is 4.79 Å². The normalized spacial score (nSPS) is 8.88. The molecule has 4 nitrogen and oxygen atoms in total. The summed E-state index contributed by atoms with van der Waals surface area (Å²) in [6.07, 6.45) is 5.19. The van der Waals surface area contributed by atoms with E-state index in [1.165, 1.54) is 5.25 Å². The number of hydrogen-bond donors (Lipinski definition) is 0. The van der Waals surface area contributed by atoms with Gasteiger partial charge in [0, 0.05) is 5.25 Å². The summed E-state index contributed by atoms with van der Waals surface area (Å²) in [5, 5.41) is 1.29. The Morgan fingerprint density at radius 2 is 2.00 bits per heavy atom. The highest BCUT2D eigenvalue weighted by Crippen LogP contribution is 1.82. The van der Waals surface area contributed by atoms with Crippen molar-refractivity contribution in [2.75, 3.05) is 0 Å². The molecule has 0 saturated carbocycles. The van der Waals surface area contributed by atoms with Crippen molar-refractivity contribution in [1.82, 2.24) is 0 Å². The maximum atomic E-state index is 9.93. The van der Waals surface area contributed by atoms with Crippen molar-refractivity contribution in [1.29, 1.82) is 0 Å². The number of carbonyl (C=O) groups excluding carboxylic acids is 1. The van der Waals surface area contributed by atoms with Crippen LogP contribution in [0.1, 0.15) is 0 Å². The van der Waals surface area contributed by atoms with E-state index in [0.29, 0.717) is 0 Å². The second kappa shape index (κ2) is 2.26. The van der Waals surface area contributed by atoms with Crippen LogP contribution in [0.25, 0.3) is 0 Å². The molecule has 8 heavy (non-hydrogen) atoms. The number of hydrogen-bond acceptors (Lipinski definition) is 3. The predicted molar refractivity (Wildman–Crippen MR) is 25.9 cm³/mol. The fourth-order valence-electron chi connectivity index (χ4n) is 0.0754. The van der Waals surface area contributed by atoms with Gasteiger partial charge in [0.2, 0.25) is 0 Å². The van der Waals surface area contributed by atoms with Gasteiger partial charge in [0.1, 0.15) is 0 Å². The third-order valence-corrected chi connectivity index (χ3v) is 0.919. The molecule has 0 aliphatic heterocycles. The molecule has 0 fully saturated rings. The number of rotatable bonds is 1. The number of sulfonamides is 1. The van der Waals surface area contributed by atoms with Gasteiger partial charge < -0.3 is 0 Å². The zero-order valence-electron chi connectivity index (χ0n) is 3.66. The van der Waals surface area contributed by atoms with Crippen LogP contribution in [-0.4, -0.2) is 14.5 Å². The van der Waals surface area contributed by atoms with Crippen LogP contribution in [0.15, 0.2) is 4.40 Å². The van der Waals surface area contributed by atoms with Gasteiger partial charge in [-0.1, -0.05) is 4.40 Å². The Hall–Kier alpha value is -1.11. The Labute approximate surface area is 46.3 Å². The Morgan fingerprint density at radius 3 is 2.12 bits per heavy atom. The van der Waals surface area contributed by atoms with E-state index in [9.17, 15) is 13.2 Å². The van der Waals surface area contributed by atoms with Gasteiger partial charge in [-0.05, 0) is 0 Å². The van der Waals surface area contributed by atoms with Crippen LogP contribution in [0, 0.1) is 11.7 Å². The first-order valence-electron chi connectivity index (χ1n) is 1.44. The summed E-state index contributed by atoms with van der Waals surface area (Å²) in [6, 6.07) is 0. The van der Waals surface area contributed by atoms with E-state index in [-0.39, 0.29) is 0 Å². The van der Waals surface area contributed by atoms with Crippen molar-refractivity contribution < 1.29 is 13.2 Å². The summed E-state index contributed by atoms with van der Waals surface area (Å²) in [6.45, 7) is 0. The fraction of sp³-hybridized carbons (Fsp3) is 0. The van der Waals surface area contributed by atoms with Crippen molar-refractivity contribution in [3.05, 3.63) is 0 Å². The van der Waals surface area contributed by atoms with Gasteiger partial charge in [0.15, 0.2) is 0 Å². The molecule has 5 heteroatoms. The highest BCUT2D eigenvalue weighted by Gasteiger charge is 1.96. The van der Waals surface area contributed by atoms with Crippen molar-refractivity contribution >= 4 is 16.1 Å². The lowest BCUT2D eigenvalue weighted by atomic mass is 11.4. The Bertz CT molecular complexity index is 251. The highest BCUT2D eigenvalue weighted by atomic mass is 32.2. The zero-order chi connectivity index (χ0) is 6.62. The smallest absolute Gasteiger partial charge is 0.210 e. The maximum absolute atomic E-state index is 9.93. The fourth-order valence-corrected chi connectivity index (χ4v) is 0.226. The van der Waals surface area contributed by atoms with Crippen molar-refractivity contribution in [2.45, 2.75) is 0 Å². The van der Waals surface area contributed by atoms with E-state index in [2.05, 4.69) is 10.8 Å². The number of nitrogens with zero attached hydrogens (tertiary/aromatic N) is 1. The van der Waals surface area contributed by atoms with E-state index >= 15 is 0 Å². The SMILES string of the molecule is C#CS(=O)(=O)N=C=O. The van der Waals surface area contributed by atoms with Gasteiger partial charge in [0.25, 0.3) is 6.08 Å². The molecule has 0 heterocycles. The number of isocyanates is 1. The summed E-state index contributed by atoms with van der Waals surface area (Å²) >= 11 is 0. The lowest BCUT2D eigenvalue weighted by Gasteiger charge is -1.71. The second-order valence-electron chi connectivity index (χ2n) is 0.775. The molecule has 0 atom stereocenters. The van der Waals surface area contributed by atoms with E-state index in [4.69, 9.17) is 0 Å². The molecule has 0 aromatic rings. The summed E-state index contributed by atoms with van der Waals surface area (Å²) < 4.78 is 22.2. The van der Waals surface area contributed by atoms with Gasteiger partial charge in [-0.2, -0.15) is 8.42 Å². The zero-order valence-corrected chi connectivity index (χ0v) is 4.47. The minimum absolute atomic E-state index is 0.803. The highest BCUT2D eigenvalue weighted by molar-refractivity contribution is 7.94. The molecule has 0 aliphatic rings. The predicted octanol–water partition coefficient (Wildman–Crippen LogP) is -0.757. The van der Waals surface area contributed by atoms with Gasteiger partial charge in [0.05, 0.1) is 0 Å². The molecule has 0 N–H and O–H groups in total. The first-order chi connectivity index (χ1) is 3.62. The Kier molecular flexibility index (Phi) is 1.95. The average molecular weight is 131 g/mol. The summed E-state index contributed by atoms with van der Waals surface area (Å²) in [4.78, 5) is 9.21. The molecular weight excluding hydrogens is 130 g/mol. The molecule has 0 aromatic carbocycles. The van der Waals surface area contributed by atoms with Gasteiger partial charge in [-0.3, -0.25) is 0 Å². The largest absolute Gasteiger partial charge is 0.332 e. The molecule has 0 bridgehead atoms. The van der Waals surface area contributed by atoms with Gasteiger partial charge >= 0.3 is 10.0 Å². The molecule has 0 amide bonds. The third kappa shape index (κ3) is 2.13. The molecule has 0 aliphatic carbocycles. The lowest BCUT2D eigenvalue weighted by Crippen LogP contribution is -1.86. The summed E-state index contributed by atoms with van der Waals surface area (Å²) in [5.74, 6) is 0. The lowest BCUT2D eigenvalue weighted by molar-refractivity contribution is 0.564. The molecule has 0 saturated heterocycles. The van der Waals surface area contributed by atoms with E-state index < -0.39 is 10.0 Å². The van der Waals surface area contributed by atoms with Crippen molar-refractivity contribution in [3.8, 4) is 11.7 Å². The number of terminal acetylenes is 1. The third-order valence-electron chi connectivity index (χ3n) is 0.306. The first kappa shape index (κ1) is 6.89. The minimum Gasteiger partial charge on any atom is -0.210 e. The summed E-state index contributed by atoms with van der Waals surface area (Å²) in [7, 11) is -3.94. The maximum Gasteiger partial charge on any atom is 0.332 e. The molecule has 42 valence electrons. The van der Waals surface area contributed by atoms with Crippen molar-refractivity contribution in [3.63, 3.8) is 0 Å². The molecule has 0 unspecified atom stereocenters. The standard InChI is InChI=1S/C3HNO3S/c1-2-8(6,7)4-3-5/h1H. The van der Waals surface area contributed by atoms with Crippen LogP contribution in [0.3, 0.4) is 0 Å². The molecular formula is C3HNO3S.